The number of anilines is 1. The summed E-state index contributed by atoms with van der Waals surface area (Å²) in [6.07, 6.45) is 1.47. The fourth-order valence-corrected chi connectivity index (χ4v) is 1.82. The molecule has 0 saturated carbocycles. The second kappa shape index (κ2) is 6.53. The molecule has 22 heavy (non-hydrogen) atoms. The number of carbonyl (C=O) groups is 1. The summed E-state index contributed by atoms with van der Waals surface area (Å²) in [5, 5.41) is 13.1. The van der Waals surface area contributed by atoms with Gasteiger partial charge in [-0.2, -0.15) is 0 Å². The van der Waals surface area contributed by atoms with Crippen LogP contribution >= 0.6 is 0 Å². The molecule has 1 amide bonds. The van der Waals surface area contributed by atoms with Gasteiger partial charge in [-0.05, 0) is 24.3 Å². The number of aromatic nitrogens is 1. The zero-order valence-corrected chi connectivity index (χ0v) is 11.7. The van der Waals surface area contributed by atoms with Gasteiger partial charge in [0.05, 0.1) is 12.0 Å². The van der Waals surface area contributed by atoms with Crippen molar-refractivity contribution in [1.82, 2.24) is 4.57 Å². The summed E-state index contributed by atoms with van der Waals surface area (Å²) in [7, 11) is 1.37. The molecule has 0 spiro atoms. The summed E-state index contributed by atoms with van der Waals surface area (Å²) in [6.45, 7) is -0.187. The van der Waals surface area contributed by atoms with Gasteiger partial charge >= 0.3 is 0 Å². The quantitative estimate of drug-likeness (QED) is 0.664. The molecule has 0 fully saturated rings. The molecule has 0 aliphatic rings. The van der Waals surface area contributed by atoms with Crippen molar-refractivity contribution < 1.29 is 14.5 Å². The minimum absolute atomic E-state index is 0.0676. The first-order valence-electron chi connectivity index (χ1n) is 6.29. The lowest BCUT2D eigenvalue weighted by molar-refractivity contribution is -0.384. The number of pyridine rings is 1. The van der Waals surface area contributed by atoms with Crippen molar-refractivity contribution in [2.45, 2.75) is 6.54 Å². The Morgan fingerprint density at radius 1 is 1.32 bits per heavy atom. The Labute approximate surface area is 125 Å². The minimum atomic E-state index is -0.526. The number of nitrogens with zero attached hydrogens (tertiary/aromatic N) is 2. The summed E-state index contributed by atoms with van der Waals surface area (Å²) in [4.78, 5) is 33.8. The molecule has 8 nitrogen and oxygen atoms in total. The van der Waals surface area contributed by atoms with Crippen molar-refractivity contribution >= 4 is 17.3 Å². The van der Waals surface area contributed by atoms with E-state index in [9.17, 15) is 19.7 Å². The lowest BCUT2D eigenvalue weighted by atomic mass is 10.3. The van der Waals surface area contributed by atoms with E-state index in [0.29, 0.717) is 5.69 Å². The predicted octanol–water partition coefficient (Wildman–Crippen LogP) is 1.40. The van der Waals surface area contributed by atoms with E-state index in [1.165, 1.54) is 48.2 Å². The molecule has 0 radical (unpaired) electrons. The van der Waals surface area contributed by atoms with Crippen LogP contribution in [-0.4, -0.2) is 22.5 Å². The number of nitrogens with one attached hydrogen (secondary N) is 1. The highest BCUT2D eigenvalue weighted by molar-refractivity contribution is 5.90. The van der Waals surface area contributed by atoms with Crippen LogP contribution in [0.1, 0.15) is 0 Å². The van der Waals surface area contributed by atoms with Crippen LogP contribution in [0.25, 0.3) is 0 Å². The Bertz CT molecular complexity index is 752. The van der Waals surface area contributed by atoms with E-state index in [1.807, 2.05) is 0 Å². The number of nitro groups is 1. The number of ether oxygens (including phenoxy) is 1. The Balaban J connectivity index is 2.07. The van der Waals surface area contributed by atoms with E-state index in [2.05, 4.69) is 5.32 Å². The molecule has 0 aliphatic carbocycles. The first-order valence-corrected chi connectivity index (χ1v) is 6.29. The zero-order chi connectivity index (χ0) is 16.1. The number of amides is 1. The van der Waals surface area contributed by atoms with E-state index >= 15 is 0 Å². The minimum Gasteiger partial charge on any atom is -0.491 e. The highest BCUT2D eigenvalue weighted by Crippen LogP contribution is 2.15. The molecule has 1 aromatic carbocycles. The maximum atomic E-state index is 11.9. The molecule has 2 rings (SSSR count). The molecule has 1 N–H and O–H groups in total. The number of rotatable bonds is 5. The number of benzene rings is 1. The van der Waals surface area contributed by atoms with Crippen molar-refractivity contribution in [1.29, 1.82) is 0 Å². The third-order valence-corrected chi connectivity index (χ3v) is 2.88. The highest BCUT2D eigenvalue weighted by Gasteiger charge is 2.09. The standard InChI is InChI=1S/C14H13N3O5/c1-22-12-3-2-8-16(14(12)19)9-13(18)15-10-4-6-11(7-5-10)17(20)21/h2-8H,9H2,1H3,(H,15,18). The lowest BCUT2D eigenvalue weighted by Gasteiger charge is -2.08. The highest BCUT2D eigenvalue weighted by atomic mass is 16.6. The number of nitro benzene ring substituents is 1. The van der Waals surface area contributed by atoms with Gasteiger partial charge in [-0.15, -0.1) is 0 Å². The van der Waals surface area contributed by atoms with Crippen LogP contribution in [0.15, 0.2) is 47.4 Å². The number of hydrogen-bond donors (Lipinski definition) is 1. The fourth-order valence-electron chi connectivity index (χ4n) is 1.82. The molecule has 0 saturated heterocycles. The van der Waals surface area contributed by atoms with E-state index in [0.717, 1.165) is 0 Å². The second-order valence-electron chi connectivity index (χ2n) is 4.36. The Morgan fingerprint density at radius 2 is 2.00 bits per heavy atom. The van der Waals surface area contributed by atoms with E-state index in [1.54, 1.807) is 6.07 Å². The van der Waals surface area contributed by atoms with E-state index in [-0.39, 0.29) is 18.0 Å². The monoisotopic (exact) mass is 303 g/mol. The first-order chi connectivity index (χ1) is 10.5. The normalized spacial score (nSPS) is 10.0. The van der Waals surface area contributed by atoms with Gasteiger partial charge < -0.3 is 14.6 Å². The maximum Gasteiger partial charge on any atom is 0.293 e. The van der Waals surface area contributed by atoms with Crippen molar-refractivity contribution in [2.24, 2.45) is 0 Å². The van der Waals surface area contributed by atoms with E-state index in [4.69, 9.17) is 4.74 Å². The molecular weight excluding hydrogens is 290 g/mol. The van der Waals surface area contributed by atoms with Gasteiger partial charge in [0.25, 0.3) is 11.2 Å². The third kappa shape index (κ3) is 3.48. The summed E-state index contributed by atoms with van der Waals surface area (Å²) < 4.78 is 6.10. The summed E-state index contributed by atoms with van der Waals surface area (Å²) >= 11 is 0. The molecular formula is C14H13N3O5. The summed E-state index contributed by atoms with van der Waals surface area (Å²) in [5.41, 5.74) is -0.0718. The Morgan fingerprint density at radius 3 is 2.59 bits per heavy atom. The van der Waals surface area contributed by atoms with Crippen LogP contribution in [0.2, 0.25) is 0 Å². The molecule has 2 aromatic rings. The third-order valence-electron chi connectivity index (χ3n) is 2.88. The molecule has 1 heterocycles. The molecule has 8 heteroatoms. The van der Waals surface area contributed by atoms with Gasteiger partial charge in [0.1, 0.15) is 6.54 Å². The van der Waals surface area contributed by atoms with Crippen LogP contribution < -0.4 is 15.6 Å². The first kappa shape index (κ1) is 15.2. The van der Waals surface area contributed by atoms with Crippen LogP contribution in [0.5, 0.6) is 5.75 Å². The van der Waals surface area contributed by atoms with Crippen molar-refractivity contribution in [3.63, 3.8) is 0 Å². The van der Waals surface area contributed by atoms with Crippen LogP contribution in [0.4, 0.5) is 11.4 Å². The van der Waals surface area contributed by atoms with Crippen LogP contribution in [-0.2, 0) is 11.3 Å². The van der Waals surface area contributed by atoms with Gasteiger partial charge in [-0.3, -0.25) is 19.7 Å². The average molecular weight is 303 g/mol. The maximum absolute atomic E-state index is 11.9. The van der Waals surface area contributed by atoms with Gasteiger partial charge in [0.15, 0.2) is 5.75 Å². The topological polar surface area (TPSA) is 103 Å². The van der Waals surface area contributed by atoms with Crippen LogP contribution in [0.3, 0.4) is 0 Å². The zero-order valence-electron chi connectivity index (χ0n) is 11.7. The van der Waals surface area contributed by atoms with Gasteiger partial charge in [-0.25, -0.2) is 0 Å². The Kier molecular flexibility index (Phi) is 4.52. The largest absolute Gasteiger partial charge is 0.491 e. The SMILES string of the molecule is COc1cccn(CC(=O)Nc2ccc([N+](=O)[O-])cc2)c1=O. The fraction of sp³-hybridized carbons (Fsp3) is 0.143. The lowest BCUT2D eigenvalue weighted by Crippen LogP contribution is -2.27. The molecule has 0 unspecified atom stereocenters. The number of non-ortho nitro benzene ring substituents is 1. The predicted molar refractivity (Wildman–Crippen MR) is 79.0 cm³/mol. The van der Waals surface area contributed by atoms with Crippen LogP contribution in [0, 0.1) is 10.1 Å². The van der Waals surface area contributed by atoms with Crippen molar-refractivity contribution in [2.75, 3.05) is 12.4 Å². The molecule has 0 aliphatic heterocycles. The molecule has 0 bridgehead atoms. The van der Waals surface area contributed by atoms with Gasteiger partial charge in [-0.1, -0.05) is 0 Å². The smallest absolute Gasteiger partial charge is 0.293 e. The molecule has 0 atom stereocenters. The second-order valence-corrected chi connectivity index (χ2v) is 4.36. The van der Waals surface area contributed by atoms with Gasteiger partial charge in [0, 0.05) is 24.0 Å². The van der Waals surface area contributed by atoms with Crippen molar-refractivity contribution in [3.05, 3.63) is 63.1 Å². The number of methoxy groups -OCH3 is 1. The van der Waals surface area contributed by atoms with E-state index < -0.39 is 16.4 Å². The number of hydrogen-bond acceptors (Lipinski definition) is 5. The number of carbonyl (C=O) groups excluding carboxylic acids is 1. The van der Waals surface area contributed by atoms with Gasteiger partial charge in [0.2, 0.25) is 5.91 Å². The van der Waals surface area contributed by atoms with Crippen molar-refractivity contribution in [3.8, 4) is 5.75 Å². The Hall–Kier alpha value is -3.16. The molecule has 114 valence electrons. The average Bonchev–Trinajstić information content (AvgIpc) is 2.50. The summed E-state index contributed by atoms with van der Waals surface area (Å²) in [6, 6.07) is 8.52. The molecule has 1 aromatic heterocycles. The summed E-state index contributed by atoms with van der Waals surface area (Å²) in [5.74, 6) is -0.283.